The van der Waals surface area contributed by atoms with Crippen LogP contribution in [0.15, 0.2) is 36.4 Å². The third-order valence-electron chi connectivity index (χ3n) is 2.81. The van der Waals surface area contributed by atoms with E-state index in [0.29, 0.717) is 12.1 Å². The van der Waals surface area contributed by atoms with Crippen LogP contribution in [0, 0.1) is 34.6 Å². The van der Waals surface area contributed by atoms with Crippen LogP contribution in [-0.4, -0.2) is 5.78 Å². The van der Waals surface area contributed by atoms with Gasteiger partial charge in [-0.25, -0.2) is 17.6 Å². The van der Waals surface area contributed by atoms with Crippen molar-refractivity contribution in [1.82, 2.24) is 0 Å². The van der Waals surface area contributed by atoms with Gasteiger partial charge in [-0.05, 0) is 29.8 Å². The van der Waals surface area contributed by atoms with Gasteiger partial charge in [0.2, 0.25) is 0 Å². The van der Waals surface area contributed by atoms with E-state index >= 15 is 0 Å². The molecule has 0 bridgehead atoms. The summed E-state index contributed by atoms with van der Waals surface area (Å²) >= 11 is 0. The first kappa shape index (κ1) is 14.7. The van der Waals surface area contributed by atoms with Crippen LogP contribution in [0.25, 0.3) is 0 Å². The SMILES string of the molecule is N#CC(C(=O)c1ccc(F)cc1F)c1cc(F)cc(F)c1. The molecule has 0 aliphatic rings. The van der Waals surface area contributed by atoms with E-state index in [9.17, 15) is 22.4 Å². The molecule has 1 unspecified atom stereocenters. The Bertz CT molecular complexity index is 732. The first-order valence-corrected chi connectivity index (χ1v) is 5.77. The molecule has 6 heteroatoms. The zero-order valence-corrected chi connectivity index (χ0v) is 10.4. The molecule has 0 saturated carbocycles. The van der Waals surface area contributed by atoms with Gasteiger partial charge in [0.05, 0.1) is 11.6 Å². The molecule has 2 aromatic carbocycles. The van der Waals surface area contributed by atoms with Crippen molar-refractivity contribution in [3.05, 3.63) is 70.8 Å². The summed E-state index contributed by atoms with van der Waals surface area (Å²) in [6.07, 6.45) is 0. The Labute approximate surface area is 117 Å². The minimum absolute atomic E-state index is 0.233. The summed E-state index contributed by atoms with van der Waals surface area (Å²) in [5.74, 6) is -6.53. The summed E-state index contributed by atoms with van der Waals surface area (Å²) in [7, 11) is 0. The molecule has 0 aliphatic carbocycles. The number of ketones is 1. The van der Waals surface area contributed by atoms with E-state index < -0.39 is 40.5 Å². The van der Waals surface area contributed by atoms with E-state index in [-0.39, 0.29) is 5.56 Å². The number of Topliss-reactive ketones (excluding diaryl/α,β-unsaturated/α-hetero) is 1. The van der Waals surface area contributed by atoms with Gasteiger partial charge in [-0.1, -0.05) is 0 Å². The highest BCUT2D eigenvalue weighted by Crippen LogP contribution is 2.24. The Morgan fingerprint density at radius 2 is 1.57 bits per heavy atom. The number of halogens is 4. The van der Waals surface area contributed by atoms with Crippen LogP contribution in [0.2, 0.25) is 0 Å². The molecule has 0 heterocycles. The first-order chi connectivity index (χ1) is 9.92. The Hall–Kier alpha value is -2.68. The summed E-state index contributed by atoms with van der Waals surface area (Å²) in [5.41, 5.74) is -0.753. The van der Waals surface area contributed by atoms with Crippen molar-refractivity contribution in [2.45, 2.75) is 5.92 Å². The lowest BCUT2D eigenvalue weighted by molar-refractivity contribution is 0.0975. The number of nitrogens with zero attached hydrogens (tertiary/aromatic N) is 1. The smallest absolute Gasteiger partial charge is 0.187 e. The van der Waals surface area contributed by atoms with E-state index in [1.54, 1.807) is 6.07 Å². The molecule has 0 fully saturated rings. The van der Waals surface area contributed by atoms with Gasteiger partial charge in [0.25, 0.3) is 0 Å². The van der Waals surface area contributed by atoms with E-state index in [1.165, 1.54) is 0 Å². The van der Waals surface area contributed by atoms with Crippen molar-refractivity contribution in [1.29, 1.82) is 5.26 Å². The van der Waals surface area contributed by atoms with Gasteiger partial charge < -0.3 is 0 Å². The van der Waals surface area contributed by atoms with Crippen LogP contribution in [-0.2, 0) is 0 Å². The summed E-state index contributed by atoms with van der Waals surface area (Å²) in [6, 6.07) is 6.02. The maximum absolute atomic E-state index is 13.6. The highest BCUT2D eigenvalue weighted by molar-refractivity contribution is 6.02. The van der Waals surface area contributed by atoms with Crippen LogP contribution in [0.1, 0.15) is 21.8 Å². The zero-order valence-electron chi connectivity index (χ0n) is 10.4. The van der Waals surface area contributed by atoms with Crippen LogP contribution >= 0.6 is 0 Å². The summed E-state index contributed by atoms with van der Waals surface area (Å²) < 4.78 is 52.6. The normalized spacial score (nSPS) is 11.8. The van der Waals surface area contributed by atoms with Crippen molar-refractivity contribution in [3.63, 3.8) is 0 Å². The van der Waals surface area contributed by atoms with Crippen LogP contribution in [0.5, 0.6) is 0 Å². The van der Waals surface area contributed by atoms with Crippen molar-refractivity contribution in [3.8, 4) is 6.07 Å². The number of rotatable bonds is 3. The maximum Gasteiger partial charge on any atom is 0.187 e. The molecule has 1 atom stereocenters. The van der Waals surface area contributed by atoms with Gasteiger partial charge in [0.1, 0.15) is 29.2 Å². The Kier molecular flexibility index (Phi) is 4.03. The molecule has 0 aromatic heterocycles. The zero-order chi connectivity index (χ0) is 15.6. The van der Waals surface area contributed by atoms with Crippen LogP contribution < -0.4 is 0 Å². The predicted octanol–water partition coefficient (Wildman–Crippen LogP) is 3.73. The number of carbonyl (C=O) groups excluding carboxylic acids is 1. The summed E-state index contributed by atoms with van der Waals surface area (Å²) in [6.45, 7) is 0. The van der Waals surface area contributed by atoms with Gasteiger partial charge in [-0.15, -0.1) is 0 Å². The fourth-order valence-corrected chi connectivity index (χ4v) is 1.87. The standard InChI is InChI=1S/C15H7F4NO/c16-9-1-2-12(14(19)6-9)15(21)13(7-20)8-3-10(17)5-11(18)4-8/h1-6,13H. The van der Waals surface area contributed by atoms with Crippen LogP contribution in [0.3, 0.4) is 0 Å². The van der Waals surface area contributed by atoms with Gasteiger partial charge in [-0.3, -0.25) is 4.79 Å². The van der Waals surface area contributed by atoms with Crippen molar-refractivity contribution in [2.24, 2.45) is 0 Å². The van der Waals surface area contributed by atoms with Crippen LogP contribution in [0.4, 0.5) is 17.6 Å². The van der Waals surface area contributed by atoms with E-state index in [1.807, 2.05) is 0 Å². The largest absolute Gasteiger partial charge is 0.292 e. The minimum Gasteiger partial charge on any atom is -0.292 e. The van der Waals surface area contributed by atoms with Crippen molar-refractivity contribution >= 4 is 5.78 Å². The topological polar surface area (TPSA) is 40.9 Å². The average Bonchev–Trinajstić information content (AvgIpc) is 2.38. The second-order valence-electron chi connectivity index (χ2n) is 4.25. The molecule has 2 rings (SSSR count). The van der Waals surface area contributed by atoms with Gasteiger partial charge in [0, 0.05) is 12.1 Å². The van der Waals surface area contributed by atoms with E-state index in [0.717, 1.165) is 24.3 Å². The number of carbonyl (C=O) groups is 1. The molecule has 2 aromatic rings. The third-order valence-corrected chi connectivity index (χ3v) is 2.81. The van der Waals surface area contributed by atoms with Gasteiger partial charge in [-0.2, -0.15) is 5.26 Å². The Balaban J connectivity index is 2.46. The Morgan fingerprint density at radius 3 is 2.10 bits per heavy atom. The highest BCUT2D eigenvalue weighted by Gasteiger charge is 2.25. The summed E-state index contributed by atoms with van der Waals surface area (Å²) in [4.78, 5) is 12.1. The van der Waals surface area contributed by atoms with Crippen molar-refractivity contribution in [2.75, 3.05) is 0 Å². The highest BCUT2D eigenvalue weighted by atomic mass is 19.1. The molecule has 21 heavy (non-hydrogen) atoms. The van der Waals surface area contributed by atoms with Gasteiger partial charge in [0.15, 0.2) is 5.78 Å². The Morgan fingerprint density at radius 1 is 0.952 bits per heavy atom. The quantitative estimate of drug-likeness (QED) is 0.639. The molecule has 0 aliphatic heterocycles. The lowest BCUT2D eigenvalue weighted by Crippen LogP contribution is -2.13. The fraction of sp³-hybridized carbons (Fsp3) is 0.0667. The second kappa shape index (κ2) is 5.75. The molecular weight excluding hydrogens is 286 g/mol. The van der Waals surface area contributed by atoms with Gasteiger partial charge >= 0.3 is 0 Å². The maximum atomic E-state index is 13.6. The van der Waals surface area contributed by atoms with E-state index in [4.69, 9.17) is 5.26 Å². The number of nitriles is 1. The molecule has 0 radical (unpaired) electrons. The van der Waals surface area contributed by atoms with E-state index in [2.05, 4.69) is 0 Å². The molecule has 0 amide bonds. The second-order valence-corrected chi connectivity index (χ2v) is 4.25. The lowest BCUT2D eigenvalue weighted by atomic mass is 9.91. The molecule has 106 valence electrons. The predicted molar refractivity (Wildman–Crippen MR) is 65.4 cm³/mol. The molecule has 0 spiro atoms. The average molecular weight is 293 g/mol. The monoisotopic (exact) mass is 293 g/mol. The molecule has 0 saturated heterocycles. The third kappa shape index (κ3) is 3.08. The molecule has 0 N–H and O–H groups in total. The number of hydrogen-bond acceptors (Lipinski definition) is 2. The summed E-state index contributed by atoms with van der Waals surface area (Å²) in [5, 5.41) is 9.03. The molecular formula is C15H7F4NO. The molecule has 2 nitrogen and oxygen atoms in total. The first-order valence-electron chi connectivity index (χ1n) is 5.77. The minimum atomic E-state index is -1.59. The number of hydrogen-bond donors (Lipinski definition) is 0. The lowest BCUT2D eigenvalue weighted by Gasteiger charge is -2.10. The fourth-order valence-electron chi connectivity index (χ4n) is 1.87. The number of benzene rings is 2. The van der Waals surface area contributed by atoms with Crippen molar-refractivity contribution < 1.29 is 22.4 Å².